The molecule has 5 nitrogen and oxygen atoms in total. The van der Waals surface area contributed by atoms with Gasteiger partial charge in [-0.25, -0.2) is 0 Å². The van der Waals surface area contributed by atoms with E-state index in [0.29, 0.717) is 18.9 Å². The quantitative estimate of drug-likeness (QED) is 0.759. The monoisotopic (exact) mass is 325 g/mol. The summed E-state index contributed by atoms with van der Waals surface area (Å²) in [5.74, 6) is 0.626. The zero-order valence-corrected chi connectivity index (χ0v) is 14.1. The van der Waals surface area contributed by atoms with Crippen LogP contribution in [0.3, 0.4) is 0 Å². The van der Waals surface area contributed by atoms with Crippen molar-refractivity contribution in [3.8, 4) is 0 Å². The molecular formula is C16H27N3O2S. The van der Waals surface area contributed by atoms with Crippen LogP contribution in [0.2, 0.25) is 0 Å². The van der Waals surface area contributed by atoms with Crippen molar-refractivity contribution in [3.05, 3.63) is 22.4 Å². The summed E-state index contributed by atoms with van der Waals surface area (Å²) < 4.78 is 5.13. The Morgan fingerprint density at radius 2 is 2.32 bits per heavy atom. The Morgan fingerprint density at radius 3 is 2.91 bits per heavy atom. The maximum atomic E-state index is 11.8. The van der Waals surface area contributed by atoms with Crippen LogP contribution in [0.15, 0.2) is 17.5 Å². The molecule has 22 heavy (non-hydrogen) atoms. The summed E-state index contributed by atoms with van der Waals surface area (Å²) in [5, 5.41) is 5.15. The molecule has 2 rings (SSSR count). The van der Waals surface area contributed by atoms with Gasteiger partial charge in [-0.15, -0.1) is 11.3 Å². The number of thiophene rings is 1. The van der Waals surface area contributed by atoms with E-state index in [-0.39, 0.29) is 12.0 Å². The van der Waals surface area contributed by atoms with Gasteiger partial charge < -0.3 is 15.8 Å². The Balaban J connectivity index is 1.62. The Labute approximate surface area is 136 Å². The van der Waals surface area contributed by atoms with Crippen molar-refractivity contribution < 1.29 is 9.53 Å². The molecule has 1 aliphatic heterocycles. The van der Waals surface area contributed by atoms with Gasteiger partial charge in [-0.05, 0) is 43.3 Å². The molecule has 3 N–H and O–H groups in total. The molecule has 0 bridgehead atoms. The average Bonchev–Trinajstić information content (AvgIpc) is 3.05. The SMILES string of the molecule is COC(CN)CC(=O)NCC1CCN(Cc2cccs2)CC1. The highest BCUT2D eigenvalue weighted by atomic mass is 32.1. The predicted octanol–water partition coefficient (Wildman–Crippen LogP) is 1.44. The Morgan fingerprint density at radius 1 is 1.55 bits per heavy atom. The highest BCUT2D eigenvalue weighted by Gasteiger charge is 2.20. The van der Waals surface area contributed by atoms with Crippen LogP contribution in [0.25, 0.3) is 0 Å². The van der Waals surface area contributed by atoms with Gasteiger partial charge in [0.2, 0.25) is 5.91 Å². The largest absolute Gasteiger partial charge is 0.380 e. The fraction of sp³-hybridized carbons (Fsp3) is 0.688. The van der Waals surface area contributed by atoms with Crippen molar-refractivity contribution >= 4 is 17.2 Å². The molecule has 0 aliphatic carbocycles. The fourth-order valence-corrected chi connectivity index (χ4v) is 3.52. The molecule has 1 saturated heterocycles. The van der Waals surface area contributed by atoms with E-state index in [2.05, 4.69) is 27.7 Å². The van der Waals surface area contributed by atoms with E-state index in [1.54, 1.807) is 7.11 Å². The lowest BCUT2D eigenvalue weighted by molar-refractivity contribution is -0.123. The molecule has 1 aromatic heterocycles. The van der Waals surface area contributed by atoms with Crippen molar-refractivity contribution in [1.82, 2.24) is 10.2 Å². The number of rotatable bonds is 8. The molecule has 6 heteroatoms. The zero-order chi connectivity index (χ0) is 15.8. The average molecular weight is 325 g/mol. The number of hydrogen-bond donors (Lipinski definition) is 2. The molecule has 1 unspecified atom stereocenters. The van der Waals surface area contributed by atoms with Gasteiger partial charge in [0, 0.05) is 31.6 Å². The minimum absolute atomic E-state index is 0.0401. The number of piperidine rings is 1. The molecule has 1 amide bonds. The number of carbonyl (C=O) groups excluding carboxylic acids is 1. The van der Waals surface area contributed by atoms with Gasteiger partial charge in [-0.2, -0.15) is 0 Å². The van der Waals surface area contributed by atoms with Crippen molar-refractivity contribution in [2.75, 3.05) is 33.3 Å². The second-order valence-electron chi connectivity index (χ2n) is 5.90. The first-order chi connectivity index (χ1) is 10.7. The summed E-state index contributed by atoms with van der Waals surface area (Å²) in [7, 11) is 1.59. The molecule has 0 spiro atoms. The first kappa shape index (κ1) is 17.4. The Kier molecular flexibility index (Phi) is 7.32. The minimum atomic E-state index is -0.173. The third-order valence-corrected chi connectivity index (χ3v) is 5.13. The highest BCUT2D eigenvalue weighted by molar-refractivity contribution is 7.09. The number of carbonyl (C=O) groups is 1. The van der Waals surface area contributed by atoms with Crippen LogP contribution in [-0.4, -0.2) is 50.2 Å². The Bertz CT molecular complexity index is 427. The van der Waals surface area contributed by atoms with Crippen molar-refractivity contribution in [2.24, 2.45) is 11.7 Å². The van der Waals surface area contributed by atoms with Crippen LogP contribution >= 0.6 is 11.3 Å². The molecule has 1 aromatic rings. The lowest BCUT2D eigenvalue weighted by atomic mass is 9.96. The maximum absolute atomic E-state index is 11.8. The van der Waals surface area contributed by atoms with Crippen LogP contribution in [0.5, 0.6) is 0 Å². The first-order valence-corrected chi connectivity index (χ1v) is 8.83. The molecule has 2 heterocycles. The van der Waals surface area contributed by atoms with Crippen LogP contribution < -0.4 is 11.1 Å². The molecular weight excluding hydrogens is 298 g/mol. The summed E-state index contributed by atoms with van der Waals surface area (Å²) in [6.45, 7) is 4.43. The second kappa shape index (κ2) is 9.25. The Hall–Kier alpha value is -0.950. The minimum Gasteiger partial charge on any atom is -0.380 e. The van der Waals surface area contributed by atoms with E-state index in [0.717, 1.165) is 39.0 Å². The van der Waals surface area contributed by atoms with Gasteiger partial charge in [0.1, 0.15) is 0 Å². The lowest BCUT2D eigenvalue weighted by Crippen LogP contribution is -2.39. The van der Waals surface area contributed by atoms with Crippen LogP contribution in [0.1, 0.15) is 24.1 Å². The van der Waals surface area contributed by atoms with Gasteiger partial charge >= 0.3 is 0 Å². The lowest BCUT2D eigenvalue weighted by Gasteiger charge is -2.31. The fourth-order valence-electron chi connectivity index (χ4n) is 2.77. The number of methoxy groups -OCH3 is 1. The second-order valence-corrected chi connectivity index (χ2v) is 6.93. The van der Waals surface area contributed by atoms with Crippen LogP contribution in [0, 0.1) is 5.92 Å². The van der Waals surface area contributed by atoms with Crippen LogP contribution in [0.4, 0.5) is 0 Å². The van der Waals surface area contributed by atoms with E-state index >= 15 is 0 Å². The van der Waals surface area contributed by atoms with Gasteiger partial charge in [-0.1, -0.05) is 6.07 Å². The van der Waals surface area contributed by atoms with Gasteiger partial charge in [0.15, 0.2) is 0 Å². The number of hydrogen-bond acceptors (Lipinski definition) is 5. The summed E-state index contributed by atoms with van der Waals surface area (Å²) in [5.41, 5.74) is 5.53. The normalized spacial score (nSPS) is 18.3. The summed E-state index contributed by atoms with van der Waals surface area (Å²) in [4.78, 5) is 15.8. The molecule has 1 aliphatic rings. The predicted molar refractivity (Wildman–Crippen MR) is 89.8 cm³/mol. The molecule has 1 atom stereocenters. The molecule has 1 fully saturated rings. The number of ether oxygens (including phenoxy) is 1. The number of likely N-dealkylation sites (tertiary alicyclic amines) is 1. The summed E-state index contributed by atoms with van der Waals surface area (Å²) in [6, 6.07) is 4.30. The van der Waals surface area contributed by atoms with Crippen molar-refractivity contribution in [3.63, 3.8) is 0 Å². The van der Waals surface area contributed by atoms with E-state index < -0.39 is 0 Å². The third kappa shape index (κ3) is 5.68. The molecule has 124 valence electrons. The molecule has 0 aromatic carbocycles. The molecule has 0 saturated carbocycles. The van der Waals surface area contributed by atoms with Crippen molar-refractivity contribution in [1.29, 1.82) is 0 Å². The smallest absolute Gasteiger partial charge is 0.222 e. The standard InChI is InChI=1S/C16H27N3O2S/c1-21-14(10-17)9-16(20)18-11-13-4-6-19(7-5-13)12-15-3-2-8-22-15/h2-3,8,13-14H,4-7,9-12,17H2,1H3,(H,18,20). The van der Waals surface area contributed by atoms with E-state index in [4.69, 9.17) is 10.5 Å². The van der Waals surface area contributed by atoms with Crippen LogP contribution in [-0.2, 0) is 16.1 Å². The third-order valence-electron chi connectivity index (χ3n) is 4.26. The number of nitrogens with two attached hydrogens (primary N) is 1. The number of nitrogens with zero attached hydrogens (tertiary/aromatic N) is 1. The van der Waals surface area contributed by atoms with Gasteiger partial charge in [-0.3, -0.25) is 9.69 Å². The van der Waals surface area contributed by atoms with E-state index in [1.165, 1.54) is 4.88 Å². The summed E-state index contributed by atoms with van der Waals surface area (Å²) >= 11 is 1.82. The topological polar surface area (TPSA) is 67.6 Å². The number of nitrogens with one attached hydrogen (secondary N) is 1. The molecule has 0 radical (unpaired) electrons. The van der Waals surface area contributed by atoms with Crippen molar-refractivity contribution in [2.45, 2.75) is 31.9 Å². The maximum Gasteiger partial charge on any atom is 0.222 e. The highest BCUT2D eigenvalue weighted by Crippen LogP contribution is 2.20. The number of amides is 1. The van der Waals surface area contributed by atoms with Gasteiger partial charge in [0.25, 0.3) is 0 Å². The summed E-state index contributed by atoms with van der Waals surface area (Å²) in [6.07, 6.45) is 2.48. The van der Waals surface area contributed by atoms with E-state index in [1.807, 2.05) is 11.3 Å². The first-order valence-electron chi connectivity index (χ1n) is 7.95. The van der Waals surface area contributed by atoms with Gasteiger partial charge in [0.05, 0.1) is 12.5 Å². The van der Waals surface area contributed by atoms with E-state index in [9.17, 15) is 4.79 Å². The zero-order valence-electron chi connectivity index (χ0n) is 13.3.